The Kier molecular flexibility index (Phi) is 3.85. The zero-order valence-corrected chi connectivity index (χ0v) is 14.6. The summed E-state index contributed by atoms with van der Waals surface area (Å²) in [6.45, 7) is 2.72. The van der Waals surface area contributed by atoms with Gasteiger partial charge in [0.2, 0.25) is 0 Å². The molecule has 26 heavy (non-hydrogen) atoms. The normalized spacial score (nSPS) is 17.9. The number of rotatable bonds is 4. The molecule has 2 N–H and O–H groups in total. The number of aromatic amines is 2. The van der Waals surface area contributed by atoms with Crippen molar-refractivity contribution in [2.75, 3.05) is 6.54 Å². The Labute approximate surface area is 151 Å². The molecule has 0 amide bonds. The fourth-order valence-corrected chi connectivity index (χ4v) is 4.09. The van der Waals surface area contributed by atoms with Gasteiger partial charge in [-0.15, -0.1) is 0 Å². The minimum absolute atomic E-state index is 0.228. The molecule has 1 saturated carbocycles. The molecule has 2 aliphatic rings. The van der Waals surface area contributed by atoms with Gasteiger partial charge in [-0.2, -0.15) is 10.2 Å². The van der Waals surface area contributed by atoms with Crippen LogP contribution < -0.4 is 0 Å². The Balaban J connectivity index is 1.37. The summed E-state index contributed by atoms with van der Waals surface area (Å²) in [4.78, 5) is 2.44. The summed E-state index contributed by atoms with van der Waals surface area (Å²) in [5.41, 5.74) is 6.84. The molecule has 5 nitrogen and oxygen atoms in total. The summed E-state index contributed by atoms with van der Waals surface area (Å²) in [7, 11) is 0. The number of H-pyrrole nitrogens is 2. The minimum Gasteiger partial charge on any atom is -0.294 e. The molecule has 6 heteroatoms. The van der Waals surface area contributed by atoms with Crippen LogP contribution in [0, 0.1) is 5.82 Å². The van der Waals surface area contributed by atoms with E-state index in [0.29, 0.717) is 5.92 Å². The molecule has 1 aliphatic heterocycles. The lowest BCUT2D eigenvalue weighted by atomic mass is 9.81. The first-order valence-corrected chi connectivity index (χ1v) is 9.34. The van der Waals surface area contributed by atoms with Crippen molar-refractivity contribution in [3.05, 3.63) is 58.8 Å². The van der Waals surface area contributed by atoms with Crippen LogP contribution in [0.5, 0.6) is 0 Å². The first-order valence-electron chi connectivity index (χ1n) is 9.34. The summed E-state index contributed by atoms with van der Waals surface area (Å²) < 4.78 is 13.6. The van der Waals surface area contributed by atoms with Crippen molar-refractivity contribution in [2.45, 2.75) is 44.7 Å². The second-order valence-corrected chi connectivity index (χ2v) is 7.44. The van der Waals surface area contributed by atoms with Crippen LogP contribution in [0.2, 0.25) is 0 Å². The molecule has 0 unspecified atom stereocenters. The lowest BCUT2D eigenvalue weighted by Gasteiger charge is -2.30. The Bertz CT molecular complexity index is 924. The van der Waals surface area contributed by atoms with Crippen LogP contribution in [-0.4, -0.2) is 31.8 Å². The lowest BCUT2D eigenvalue weighted by molar-refractivity contribution is 0.242. The zero-order chi connectivity index (χ0) is 17.5. The van der Waals surface area contributed by atoms with Gasteiger partial charge in [0.05, 0.1) is 17.6 Å². The fourth-order valence-electron chi connectivity index (χ4n) is 4.09. The average Bonchev–Trinajstić information content (AvgIpc) is 3.21. The van der Waals surface area contributed by atoms with Crippen LogP contribution in [0.15, 0.2) is 30.5 Å². The third-order valence-corrected chi connectivity index (χ3v) is 5.76. The summed E-state index contributed by atoms with van der Waals surface area (Å²) in [5, 5.41) is 15.1. The largest absolute Gasteiger partial charge is 0.294 e. The molecule has 1 aliphatic carbocycles. The van der Waals surface area contributed by atoms with Gasteiger partial charge in [-0.25, -0.2) is 4.39 Å². The fraction of sp³-hybridized carbons (Fsp3) is 0.400. The van der Waals surface area contributed by atoms with Crippen molar-refractivity contribution in [1.82, 2.24) is 25.3 Å². The predicted octanol–water partition coefficient (Wildman–Crippen LogP) is 3.76. The molecule has 0 bridgehead atoms. The van der Waals surface area contributed by atoms with Gasteiger partial charge in [-0.05, 0) is 25.0 Å². The third-order valence-electron chi connectivity index (χ3n) is 5.76. The van der Waals surface area contributed by atoms with E-state index < -0.39 is 0 Å². The highest BCUT2D eigenvalue weighted by atomic mass is 19.1. The minimum atomic E-state index is -0.228. The van der Waals surface area contributed by atoms with Crippen molar-refractivity contribution in [2.24, 2.45) is 0 Å². The second kappa shape index (κ2) is 6.36. The van der Waals surface area contributed by atoms with E-state index in [1.165, 1.54) is 42.3 Å². The second-order valence-electron chi connectivity index (χ2n) is 7.44. The number of hydrogen-bond acceptors (Lipinski definition) is 3. The van der Waals surface area contributed by atoms with E-state index in [0.717, 1.165) is 42.9 Å². The van der Waals surface area contributed by atoms with E-state index >= 15 is 0 Å². The van der Waals surface area contributed by atoms with Crippen molar-refractivity contribution >= 4 is 0 Å². The standard InChI is InChI=1S/C20H22FN5/c21-16-6-2-5-14(9-16)19-15(10-22-24-19)11-26-8-7-18-17(12-26)20(25-23-18)13-3-1-4-13/h2,5-6,9-10,13H,1,3-4,7-8,11-12H2,(H,22,24)(H,23,25). The highest BCUT2D eigenvalue weighted by Gasteiger charge is 2.29. The molecule has 3 heterocycles. The molecule has 0 radical (unpaired) electrons. The number of nitrogens with zero attached hydrogens (tertiary/aromatic N) is 3. The van der Waals surface area contributed by atoms with Gasteiger partial charge in [0, 0.05) is 54.4 Å². The highest BCUT2D eigenvalue weighted by Crippen LogP contribution is 2.39. The van der Waals surface area contributed by atoms with E-state index in [2.05, 4.69) is 25.3 Å². The number of halogens is 1. The maximum Gasteiger partial charge on any atom is 0.123 e. The molecule has 2 aromatic heterocycles. The first kappa shape index (κ1) is 15.8. The van der Waals surface area contributed by atoms with Gasteiger partial charge in [0.25, 0.3) is 0 Å². The van der Waals surface area contributed by atoms with Crippen LogP contribution >= 0.6 is 0 Å². The van der Waals surface area contributed by atoms with E-state index in [1.54, 1.807) is 12.1 Å². The molecule has 0 spiro atoms. The number of aromatic nitrogens is 4. The van der Waals surface area contributed by atoms with Crippen LogP contribution in [0.1, 0.15) is 47.7 Å². The highest BCUT2D eigenvalue weighted by molar-refractivity contribution is 5.62. The van der Waals surface area contributed by atoms with Gasteiger partial charge in [0.15, 0.2) is 0 Å². The smallest absolute Gasteiger partial charge is 0.123 e. The molecule has 5 rings (SSSR count). The van der Waals surface area contributed by atoms with Crippen molar-refractivity contribution in [1.29, 1.82) is 0 Å². The Morgan fingerprint density at radius 1 is 1.23 bits per heavy atom. The van der Waals surface area contributed by atoms with Gasteiger partial charge >= 0.3 is 0 Å². The van der Waals surface area contributed by atoms with E-state index in [-0.39, 0.29) is 5.82 Å². The summed E-state index contributed by atoms with van der Waals surface area (Å²) in [6, 6.07) is 6.67. The van der Waals surface area contributed by atoms with Gasteiger partial charge in [0.1, 0.15) is 5.82 Å². The summed E-state index contributed by atoms with van der Waals surface area (Å²) >= 11 is 0. The van der Waals surface area contributed by atoms with Gasteiger partial charge in [-0.3, -0.25) is 15.1 Å². The third kappa shape index (κ3) is 2.74. The monoisotopic (exact) mass is 351 g/mol. The van der Waals surface area contributed by atoms with Crippen molar-refractivity contribution in [3.63, 3.8) is 0 Å². The summed E-state index contributed by atoms with van der Waals surface area (Å²) in [6.07, 6.45) is 6.72. The molecule has 0 saturated heterocycles. The topological polar surface area (TPSA) is 60.6 Å². The number of benzene rings is 1. The molecule has 1 aromatic carbocycles. The van der Waals surface area contributed by atoms with Crippen LogP contribution in [0.25, 0.3) is 11.3 Å². The molecule has 0 atom stereocenters. The Morgan fingerprint density at radius 2 is 2.15 bits per heavy atom. The van der Waals surface area contributed by atoms with E-state index in [4.69, 9.17) is 0 Å². The van der Waals surface area contributed by atoms with Gasteiger partial charge < -0.3 is 0 Å². The Hall–Kier alpha value is -2.47. The molecule has 3 aromatic rings. The zero-order valence-electron chi connectivity index (χ0n) is 14.6. The number of hydrogen-bond donors (Lipinski definition) is 2. The Morgan fingerprint density at radius 3 is 2.96 bits per heavy atom. The quantitative estimate of drug-likeness (QED) is 0.752. The molecular formula is C20H22FN5. The first-order chi connectivity index (χ1) is 12.8. The van der Waals surface area contributed by atoms with Crippen molar-refractivity contribution in [3.8, 4) is 11.3 Å². The van der Waals surface area contributed by atoms with E-state index in [1.807, 2.05) is 12.3 Å². The lowest BCUT2D eigenvalue weighted by Crippen LogP contribution is -2.30. The number of fused-ring (bicyclic) bond motifs is 1. The molecule has 1 fully saturated rings. The van der Waals surface area contributed by atoms with Crippen LogP contribution in [-0.2, 0) is 19.5 Å². The summed E-state index contributed by atoms with van der Waals surface area (Å²) in [5.74, 6) is 0.418. The van der Waals surface area contributed by atoms with E-state index in [9.17, 15) is 4.39 Å². The maximum absolute atomic E-state index is 13.6. The average molecular weight is 351 g/mol. The van der Waals surface area contributed by atoms with Gasteiger partial charge in [-0.1, -0.05) is 18.6 Å². The molecule has 134 valence electrons. The van der Waals surface area contributed by atoms with Crippen LogP contribution in [0.4, 0.5) is 4.39 Å². The number of nitrogens with one attached hydrogen (secondary N) is 2. The SMILES string of the molecule is Fc1cccc(-c2[nH]ncc2CN2CCc3[nH]nc(C4CCC4)c3C2)c1. The predicted molar refractivity (Wildman–Crippen MR) is 97.0 cm³/mol. The van der Waals surface area contributed by atoms with Crippen LogP contribution in [0.3, 0.4) is 0 Å². The maximum atomic E-state index is 13.6. The van der Waals surface area contributed by atoms with Crippen molar-refractivity contribution < 1.29 is 4.39 Å². The molecular weight excluding hydrogens is 329 g/mol.